The molecule has 0 aromatic carbocycles. The minimum atomic E-state index is 1.20. The van der Waals surface area contributed by atoms with Crippen LogP contribution in [-0.2, 0) is 19.4 Å². The minimum Gasteiger partial charge on any atom is -0.205 e. The molecule has 0 spiro atoms. The van der Waals surface area contributed by atoms with Crippen molar-refractivity contribution in [2.45, 2.75) is 169 Å². The van der Waals surface area contributed by atoms with Crippen molar-refractivity contribution in [1.29, 1.82) is 0 Å². The maximum Gasteiger partial charge on any atom is 0.172 e. The first-order valence-electron chi connectivity index (χ1n) is 14.8. The van der Waals surface area contributed by atoms with E-state index in [-0.39, 0.29) is 0 Å². The predicted octanol–water partition coefficient (Wildman–Crippen LogP) is 9.92. The molecule has 1 aromatic heterocycles. The van der Waals surface area contributed by atoms with Gasteiger partial charge in [0.15, 0.2) is 12.4 Å². The molecule has 0 saturated carbocycles. The Kier molecular flexibility index (Phi) is 20.0. The van der Waals surface area contributed by atoms with Crippen LogP contribution >= 0.6 is 0 Å². The number of hydrogen-bond acceptors (Lipinski definition) is 0. The number of rotatable bonds is 23. The van der Waals surface area contributed by atoms with Crippen molar-refractivity contribution in [2.75, 3.05) is 0 Å². The fourth-order valence-electron chi connectivity index (χ4n) is 4.85. The van der Waals surface area contributed by atoms with Crippen LogP contribution in [0.5, 0.6) is 0 Å². The lowest BCUT2D eigenvalue weighted by atomic mass is 9.99. The van der Waals surface area contributed by atoms with E-state index in [1.807, 2.05) is 0 Å². The third-order valence-corrected chi connectivity index (χ3v) is 7.07. The second kappa shape index (κ2) is 22.0. The summed E-state index contributed by atoms with van der Waals surface area (Å²) in [4.78, 5) is 0. The van der Waals surface area contributed by atoms with Gasteiger partial charge in [-0.1, -0.05) is 124 Å². The van der Waals surface area contributed by atoms with E-state index in [2.05, 4.69) is 43.8 Å². The topological polar surface area (TPSA) is 3.88 Å². The van der Waals surface area contributed by atoms with Crippen molar-refractivity contribution < 1.29 is 4.57 Å². The summed E-state index contributed by atoms with van der Waals surface area (Å²) in [6.07, 6.45) is 35.6. The number of nitrogens with zero attached hydrogens (tertiary/aromatic N) is 1. The highest BCUT2D eigenvalue weighted by Gasteiger charge is 2.09. The van der Waals surface area contributed by atoms with Crippen LogP contribution in [0, 0.1) is 0 Å². The minimum absolute atomic E-state index is 1.20. The van der Waals surface area contributed by atoms with Gasteiger partial charge in [-0.05, 0) is 37.7 Å². The molecule has 1 heteroatoms. The summed E-state index contributed by atoms with van der Waals surface area (Å²) < 4.78 is 2.48. The number of aromatic nitrogens is 1. The Bertz CT molecular complexity index is 521. The molecule has 1 heterocycles. The van der Waals surface area contributed by atoms with Gasteiger partial charge in [0.25, 0.3) is 0 Å². The van der Waals surface area contributed by atoms with Gasteiger partial charge in [-0.2, -0.15) is 0 Å². The van der Waals surface area contributed by atoms with Crippen LogP contribution in [0.25, 0.3) is 0 Å². The molecule has 0 N–H and O–H groups in total. The van der Waals surface area contributed by atoms with E-state index in [4.69, 9.17) is 0 Å². The molecule has 1 rings (SSSR count). The second-order valence-corrected chi connectivity index (χ2v) is 10.2. The number of aryl methyl sites for hydroxylation is 3. The summed E-state index contributed by atoms with van der Waals surface area (Å²) in [5.41, 5.74) is 3.24. The Balaban J connectivity index is 2.13. The van der Waals surface area contributed by atoms with Crippen molar-refractivity contribution >= 4 is 0 Å². The van der Waals surface area contributed by atoms with Crippen LogP contribution in [0.2, 0.25) is 0 Å². The van der Waals surface area contributed by atoms with Gasteiger partial charge in [-0.3, -0.25) is 0 Å². The van der Waals surface area contributed by atoms with E-state index in [1.54, 1.807) is 11.1 Å². The Hall–Kier alpha value is -0.850. The molecule has 0 unspecified atom stereocenters. The molecule has 0 radical (unpaired) electrons. The van der Waals surface area contributed by atoms with Crippen molar-refractivity contribution in [1.82, 2.24) is 0 Å². The smallest absolute Gasteiger partial charge is 0.172 e. The van der Waals surface area contributed by atoms with E-state index in [0.717, 1.165) is 0 Å². The lowest BCUT2D eigenvalue weighted by Gasteiger charge is -2.09. The molecule has 0 aliphatic rings. The normalized spacial score (nSPS) is 11.3. The summed E-state index contributed by atoms with van der Waals surface area (Å²) in [7, 11) is 0. The molecule has 0 amide bonds. The second-order valence-electron chi connectivity index (χ2n) is 10.2. The molecule has 0 fully saturated rings. The first-order valence-corrected chi connectivity index (χ1v) is 14.8. The van der Waals surface area contributed by atoms with Crippen LogP contribution in [0.1, 0.15) is 160 Å². The first kappa shape index (κ1) is 29.2. The zero-order chi connectivity index (χ0) is 23.1. The number of unbranched alkanes of at least 4 members (excludes halogenated alkanes) is 17. The SMILES string of the molecule is CCCCCCCCCCCCCCCC[n+]1ccc(CCCCC)c(CCCCC)c1. The molecule has 0 saturated heterocycles. The molecule has 1 aromatic rings. The Labute approximate surface area is 202 Å². The third-order valence-electron chi connectivity index (χ3n) is 7.07. The molecule has 0 bridgehead atoms. The van der Waals surface area contributed by atoms with Gasteiger partial charge in [0.05, 0.1) is 0 Å². The molecule has 0 aliphatic carbocycles. The molecule has 32 heavy (non-hydrogen) atoms. The molecular weight excluding hydrogens is 386 g/mol. The highest BCUT2D eigenvalue weighted by Crippen LogP contribution is 2.15. The van der Waals surface area contributed by atoms with Crippen molar-refractivity contribution in [3.63, 3.8) is 0 Å². The standard InChI is InChI=1S/C31H58N/c1-4-7-10-11-12-13-14-15-16-17-18-19-20-23-27-32-28-26-30(24-21-8-5-2)31(29-32)25-22-9-6-3/h26,28-29H,4-25,27H2,1-3H3/q+1. The van der Waals surface area contributed by atoms with Gasteiger partial charge in [0, 0.05) is 18.1 Å². The van der Waals surface area contributed by atoms with Gasteiger partial charge in [0.2, 0.25) is 0 Å². The quantitative estimate of drug-likeness (QED) is 0.117. The first-order chi connectivity index (χ1) is 15.8. The number of pyridine rings is 1. The van der Waals surface area contributed by atoms with E-state index in [9.17, 15) is 0 Å². The van der Waals surface area contributed by atoms with Crippen LogP contribution in [-0.4, -0.2) is 0 Å². The average Bonchev–Trinajstić information content (AvgIpc) is 2.80. The molecule has 186 valence electrons. The maximum atomic E-state index is 2.49. The highest BCUT2D eigenvalue weighted by molar-refractivity contribution is 5.21. The maximum absolute atomic E-state index is 2.49. The van der Waals surface area contributed by atoms with E-state index in [0.29, 0.717) is 0 Å². The van der Waals surface area contributed by atoms with Crippen LogP contribution < -0.4 is 4.57 Å². The van der Waals surface area contributed by atoms with Crippen molar-refractivity contribution in [3.8, 4) is 0 Å². The highest BCUT2D eigenvalue weighted by atomic mass is 14.9. The monoisotopic (exact) mass is 444 g/mol. The largest absolute Gasteiger partial charge is 0.205 e. The Morgan fingerprint density at radius 1 is 0.469 bits per heavy atom. The third kappa shape index (κ3) is 15.9. The lowest BCUT2D eigenvalue weighted by Crippen LogP contribution is -2.33. The Morgan fingerprint density at radius 3 is 1.38 bits per heavy atom. The Morgan fingerprint density at radius 2 is 0.875 bits per heavy atom. The molecule has 1 nitrogen and oxygen atoms in total. The van der Waals surface area contributed by atoms with Crippen LogP contribution in [0.15, 0.2) is 18.5 Å². The van der Waals surface area contributed by atoms with Gasteiger partial charge in [-0.15, -0.1) is 0 Å². The summed E-state index contributed by atoms with van der Waals surface area (Å²) in [5.74, 6) is 0. The van der Waals surface area contributed by atoms with E-state index in [1.165, 1.54) is 148 Å². The van der Waals surface area contributed by atoms with Crippen LogP contribution in [0.4, 0.5) is 0 Å². The predicted molar refractivity (Wildman–Crippen MR) is 143 cm³/mol. The van der Waals surface area contributed by atoms with Crippen LogP contribution in [0.3, 0.4) is 0 Å². The number of hydrogen-bond donors (Lipinski definition) is 0. The van der Waals surface area contributed by atoms with E-state index >= 15 is 0 Å². The summed E-state index contributed by atoms with van der Waals surface area (Å²) in [5, 5.41) is 0. The molecule has 0 atom stereocenters. The van der Waals surface area contributed by atoms with Gasteiger partial charge >= 0.3 is 0 Å². The van der Waals surface area contributed by atoms with Gasteiger partial charge in [-0.25, -0.2) is 4.57 Å². The van der Waals surface area contributed by atoms with Crippen molar-refractivity contribution in [2.24, 2.45) is 0 Å². The summed E-state index contributed by atoms with van der Waals surface area (Å²) in [6, 6.07) is 2.43. The van der Waals surface area contributed by atoms with Crippen molar-refractivity contribution in [3.05, 3.63) is 29.6 Å². The fourth-order valence-corrected chi connectivity index (χ4v) is 4.85. The lowest BCUT2D eigenvalue weighted by molar-refractivity contribution is -0.697. The average molecular weight is 445 g/mol. The summed E-state index contributed by atoms with van der Waals surface area (Å²) in [6.45, 7) is 8.12. The fraction of sp³-hybridized carbons (Fsp3) is 0.839. The van der Waals surface area contributed by atoms with E-state index < -0.39 is 0 Å². The molecule has 0 aliphatic heterocycles. The molecular formula is C31H58N+. The zero-order valence-corrected chi connectivity index (χ0v) is 22.4. The van der Waals surface area contributed by atoms with Gasteiger partial charge < -0.3 is 0 Å². The summed E-state index contributed by atoms with van der Waals surface area (Å²) >= 11 is 0. The zero-order valence-electron chi connectivity index (χ0n) is 22.4. The van der Waals surface area contributed by atoms with Gasteiger partial charge in [0.1, 0.15) is 6.54 Å².